The van der Waals surface area contributed by atoms with Crippen molar-refractivity contribution in [1.29, 1.82) is 0 Å². The molecule has 0 radical (unpaired) electrons. The molecule has 0 bridgehead atoms. The Kier molecular flexibility index (Phi) is 3.91. The van der Waals surface area contributed by atoms with Gasteiger partial charge in [0.1, 0.15) is 0 Å². The SMILES string of the molecule is CCn1nc(C)cc1CNC(C)(C)CC. The van der Waals surface area contributed by atoms with Gasteiger partial charge in [0.25, 0.3) is 0 Å². The van der Waals surface area contributed by atoms with E-state index in [1.54, 1.807) is 0 Å². The fourth-order valence-electron chi connectivity index (χ4n) is 1.47. The molecule has 0 fully saturated rings. The summed E-state index contributed by atoms with van der Waals surface area (Å²) in [6, 6.07) is 2.15. The average Bonchev–Trinajstić information content (AvgIpc) is 2.56. The predicted octanol–water partition coefficient (Wildman–Crippen LogP) is 2.49. The smallest absolute Gasteiger partial charge is 0.0597 e. The fraction of sp³-hybridized carbons (Fsp3) is 0.750. The van der Waals surface area contributed by atoms with Crippen molar-refractivity contribution < 1.29 is 0 Å². The van der Waals surface area contributed by atoms with E-state index in [-0.39, 0.29) is 5.54 Å². The van der Waals surface area contributed by atoms with Gasteiger partial charge in [-0.25, -0.2) is 0 Å². The van der Waals surface area contributed by atoms with E-state index in [0.717, 1.165) is 25.2 Å². The molecule has 0 saturated carbocycles. The van der Waals surface area contributed by atoms with E-state index >= 15 is 0 Å². The van der Waals surface area contributed by atoms with Crippen LogP contribution in [0.3, 0.4) is 0 Å². The second-order valence-corrected chi connectivity index (χ2v) is 4.68. The Labute approximate surface area is 92.9 Å². The van der Waals surface area contributed by atoms with Crippen LogP contribution in [0.5, 0.6) is 0 Å². The minimum atomic E-state index is 0.205. The van der Waals surface area contributed by atoms with Crippen molar-refractivity contribution in [3.05, 3.63) is 17.5 Å². The van der Waals surface area contributed by atoms with Crippen LogP contribution in [-0.2, 0) is 13.1 Å². The van der Waals surface area contributed by atoms with E-state index in [1.165, 1.54) is 5.69 Å². The Morgan fingerprint density at radius 2 is 2.07 bits per heavy atom. The number of aromatic nitrogens is 2. The van der Waals surface area contributed by atoms with Gasteiger partial charge in [0.15, 0.2) is 0 Å². The number of hydrogen-bond donors (Lipinski definition) is 1. The molecule has 0 unspecified atom stereocenters. The second-order valence-electron chi connectivity index (χ2n) is 4.68. The van der Waals surface area contributed by atoms with Crippen molar-refractivity contribution in [2.24, 2.45) is 0 Å². The van der Waals surface area contributed by atoms with Crippen LogP contribution < -0.4 is 5.32 Å². The van der Waals surface area contributed by atoms with Gasteiger partial charge in [0.2, 0.25) is 0 Å². The van der Waals surface area contributed by atoms with Gasteiger partial charge in [-0.3, -0.25) is 4.68 Å². The van der Waals surface area contributed by atoms with Crippen LogP contribution in [0.4, 0.5) is 0 Å². The van der Waals surface area contributed by atoms with Crippen LogP contribution in [0.2, 0.25) is 0 Å². The lowest BCUT2D eigenvalue weighted by atomic mass is 10.0. The Morgan fingerprint density at radius 3 is 2.60 bits per heavy atom. The lowest BCUT2D eigenvalue weighted by Gasteiger charge is -2.24. The summed E-state index contributed by atoms with van der Waals surface area (Å²) < 4.78 is 2.06. The third kappa shape index (κ3) is 3.34. The van der Waals surface area contributed by atoms with Crippen molar-refractivity contribution in [2.45, 2.75) is 59.7 Å². The van der Waals surface area contributed by atoms with Gasteiger partial charge in [0, 0.05) is 18.6 Å². The summed E-state index contributed by atoms with van der Waals surface area (Å²) in [7, 11) is 0. The minimum Gasteiger partial charge on any atom is -0.306 e. The molecule has 0 aliphatic heterocycles. The molecular weight excluding hydrogens is 186 g/mol. The Hall–Kier alpha value is -0.830. The van der Waals surface area contributed by atoms with Crippen molar-refractivity contribution in [3.8, 4) is 0 Å². The lowest BCUT2D eigenvalue weighted by molar-refractivity contribution is 0.367. The summed E-state index contributed by atoms with van der Waals surface area (Å²) in [5, 5.41) is 7.98. The number of aryl methyl sites for hydroxylation is 2. The van der Waals surface area contributed by atoms with Gasteiger partial charge in [-0.05, 0) is 40.2 Å². The summed E-state index contributed by atoms with van der Waals surface area (Å²) in [6.45, 7) is 12.7. The molecule has 0 aliphatic carbocycles. The highest BCUT2D eigenvalue weighted by Gasteiger charge is 2.14. The molecule has 0 atom stereocenters. The largest absolute Gasteiger partial charge is 0.306 e. The highest BCUT2D eigenvalue weighted by molar-refractivity contribution is 5.09. The number of rotatable bonds is 5. The van der Waals surface area contributed by atoms with Gasteiger partial charge >= 0.3 is 0 Å². The van der Waals surface area contributed by atoms with Crippen LogP contribution in [0.25, 0.3) is 0 Å². The van der Waals surface area contributed by atoms with E-state index < -0.39 is 0 Å². The van der Waals surface area contributed by atoms with Crippen molar-refractivity contribution in [1.82, 2.24) is 15.1 Å². The first-order valence-electron chi connectivity index (χ1n) is 5.77. The molecule has 0 spiro atoms. The van der Waals surface area contributed by atoms with E-state index in [4.69, 9.17) is 0 Å². The molecule has 0 aliphatic rings. The molecule has 1 heterocycles. The fourth-order valence-corrected chi connectivity index (χ4v) is 1.47. The highest BCUT2D eigenvalue weighted by atomic mass is 15.3. The van der Waals surface area contributed by atoms with Crippen LogP contribution >= 0.6 is 0 Å². The van der Waals surface area contributed by atoms with Crippen LogP contribution in [-0.4, -0.2) is 15.3 Å². The summed E-state index contributed by atoms with van der Waals surface area (Å²) in [6.07, 6.45) is 1.13. The lowest BCUT2D eigenvalue weighted by Crippen LogP contribution is -2.38. The van der Waals surface area contributed by atoms with Gasteiger partial charge in [-0.2, -0.15) is 5.10 Å². The first-order chi connectivity index (χ1) is 6.98. The molecule has 1 N–H and O–H groups in total. The van der Waals surface area contributed by atoms with Crippen LogP contribution in [0.15, 0.2) is 6.07 Å². The van der Waals surface area contributed by atoms with Crippen molar-refractivity contribution in [3.63, 3.8) is 0 Å². The maximum atomic E-state index is 4.43. The zero-order chi connectivity index (χ0) is 11.5. The van der Waals surface area contributed by atoms with Crippen LogP contribution in [0, 0.1) is 6.92 Å². The van der Waals surface area contributed by atoms with E-state index in [9.17, 15) is 0 Å². The first-order valence-corrected chi connectivity index (χ1v) is 5.77. The topological polar surface area (TPSA) is 29.9 Å². The number of nitrogens with one attached hydrogen (secondary N) is 1. The Morgan fingerprint density at radius 1 is 1.40 bits per heavy atom. The summed E-state index contributed by atoms with van der Waals surface area (Å²) >= 11 is 0. The molecule has 1 aromatic rings. The predicted molar refractivity (Wildman–Crippen MR) is 63.8 cm³/mol. The molecule has 15 heavy (non-hydrogen) atoms. The Balaban J connectivity index is 2.64. The maximum absolute atomic E-state index is 4.43. The number of nitrogens with zero attached hydrogens (tertiary/aromatic N) is 2. The zero-order valence-electron chi connectivity index (χ0n) is 10.6. The van der Waals surface area contributed by atoms with E-state index in [2.05, 4.69) is 48.9 Å². The quantitative estimate of drug-likeness (QED) is 0.807. The van der Waals surface area contributed by atoms with Gasteiger partial charge in [0.05, 0.1) is 11.4 Å². The third-order valence-electron chi connectivity index (χ3n) is 2.92. The molecule has 86 valence electrons. The minimum absolute atomic E-state index is 0.205. The molecule has 0 aromatic carbocycles. The molecule has 1 aromatic heterocycles. The molecule has 1 rings (SSSR count). The van der Waals surface area contributed by atoms with Crippen LogP contribution in [0.1, 0.15) is 45.5 Å². The standard InChI is InChI=1S/C12H23N3/c1-6-12(4,5)13-9-11-8-10(3)14-15(11)7-2/h8,13H,6-7,9H2,1-5H3. The van der Waals surface area contributed by atoms with Crippen molar-refractivity contribution in [2.75, 3.05) is 0 Å². The molecule has 0 amide bonds. The van der Waals surface area contributed by atoms with Gasteiger partial charge < -0.3 is 5.32 Å². The molecule has 3 nitrogen and oxygen atoms in total. The van der Waals surface area contributed by atoms with Gasteiger partial charge in [-0.1, -0.05) is 6.92 Å². The second kappa shape index (κ2) is 4.79. The molecular formula is C12H23N3. The van der Waals surface area contributed by atoms with E-state index in [1.807, 2.05) is 6.92 Å². The zero-order valence-corrected chi connectivity index (χ0v) is 10.6. The summed E-state index contributed by atoms with van der Waals surface area (Å²) in [5.74, 6) is 0. The summed E-state index contributed by atoms with van der Waals surface area (Å²) in [4.78, 5) is 0. The monoisotopic (exact) mass is 209 g/mol. The molecule has 0 saturated heterocycles. The Bertz CT molecular complexity index is 313. The molecule has 3 heteroatoms. The average molecular weight is 209 g/mol. The summed E-state index contributed by atoms with van der Waals surface area (Å²) in [5.41, 5.74) is 2.58. The maximum Gasteiger partial charge on any atom is 0.0597 e. The normalized spacial score (nSPS) is 12.1. The van der Waals surface area contributed by atoms with E-state index in [0.29, 0.717) is 0 Å². The van der Waals surface area contributed by atoms with Crippen molar-refractivity contribution >= 4 is 0 Å². The number of hydrogen-bond acceptors (Lipinski definition) is 2. The first kappa shape index (κ1) is 12.2. The third-order valence-corrected chi connectivity index (χ3v) is 2.92. The highest BCUT2D eigenvalue weighted by Crippen LogP contribution is 2.10. The van der Waals surface area contributed by atoms with Gasteiger partial charge in [-0.15, -0.1) is 0 Å².